The van der Waals surface area contributed by atoms with Gasteiger partial charge in [-0.1, -0.05) is 23.2 Å². The number of benzene rings is 1. The van der Waals surface area contributed by atoms with E-state index in [1.165, 1.54) is 6.42 Å². The number of hydrogen-bond acceptors (Lipinski definition) is 3. The van der Waals surface area contributed by atoms with E-state index in [-0.39, 0.29) is 0 Å². The van der Waals surface area contributed by atoms with E-state index in [1.807, 2.05) is 24.5 Å². The zero-order valence-corrected chi connectivity index (χ0v) is 12.9. The van der Waals surface area contributed by atoms with Crippen LogP contribution in [-0.2, 0) is 0 Å². The molecule has 0 aliphatic carbocycles. The van der Waals surface area contributed by atoms with E-state index >= 15 is 0 Å². The summed E-state index contributed by atoms with van der Waals surface area (Å²) in [7, 11) is 0. The number of pyridine rings is 1. The molecule has 3 saturated heterocycles. The standard InChI is InChI=1S/C16H15Cl2N3/c17-11-1-2-16(18)15(4-11)10-3-14(7-19-6-10)21-8-12-5-13(9-21)20-12/h1-4,6-7,12-13,20H,5,8-9H2. The maximum absolute atomic E-state index is 6.29. The van der Waals surface area contributed by atoms with Crippen molar-refractivity contribution < 1.29 is 0 Å². The van der Waals surface area contributed by atoms with E-state index in [0.29, 0.717) is 22.1 Å². The van der Waals surface area contributed by atoms with Crippen LogP contribution in [0.15, 0.2) is 36.7 Å². The largest absolute Gasteiger partial charge is 0.367 e. The van der Waals surface area contributed by atoms with E-state index in [0.717, 1.165) is 29.9 Å². The molecule has 3 aliphatic heterocycles. The molecular formula is C16H15Cl2N3. The maximum Gasteiger partial charge on any atom is 0.0560 e. The van der Waals surface area contributed by atoms with Gasteiger partial charge in [0.25, 0.3) is 0 Å². The second-order valence-electron chi connectivity index (χ2n) is 5.76. The average Bonchev–Trinajstić information content (AvgIpc) is 2.49. The first-order valence-corrected chi connectivity index (χ1v) is 7.86. The molecule has 0 spiro atoms. The molecule has 3 fully saturated rings. The lowest BCUT2D eigenvalue weighted by molar-refractivity contribution is 0.226. The van der Waals surface area contributed by atoms with E-state index in [9.17, 15) is 0 Å². The van der Waals surface area contributed by atoms with Crippen molar-refractivity contribution in [3.8, 4) is 11.1 Å². The van der Waals surface area contributed by atoms with Gasteiger partial charge in [-0.3, -0.25) is 4.98 Å². The number of piperazine rings is 1. The topological polar surface area (TPSA) is 28.2 Å². The van der Waals surface area contributed by atoms with Gasteiger partial charge in [-0.25, -0.2) is 0 Å². The Kier molecular flexibility index (Phi) is 3.29. The number of halogens is 2. The van der Waals surface area contributed by atoms with Gasteiger partial charge >= 0.3 is 0 Å². The highest BCUT2D eigenvalue weighted by Crippen LogP contribution is 2.33. The highest BCUT2D eigenvalue weighted by atomic mass is 35.5. The molecule has 2 atom stereocenters. The first kappa shape index (κ1) is 13.4. The summed E-state index contributed by atoms with van der Waals surface area (Å²) in [5.74, 6) is 0. The lowest BCUT2D eigenvalue weighted by Gasteiger charge is -2.49. The molecule has 3 nitrogen and oxygen atoms in total. The van der Waals surface area contributed by atoms with Gasteiger partial charge in [0.1, 0.15) is 0 Å². The van der Waals surface area contributed by atoms with Crippen molar-refractivity contribution in [3.05, 3.63) is 46.7 Å². The first-order valence-electron chi connectivity index (χ1n) is 7.10. The van der Waals surface area contributed by atoms with Crippen molar-refractivity contribution in [2.75, 3.05) is 18.0 Å². The second-order valence-corrected chi connectivity index (χ2v) is 6.60. The third-order valence-corrected chi connectivity index (χ3v) is 4.82. The van der Waals surface area contributed by atoms with Crippen molar-refractivity contribution in [1.82, 2.24) is 10.3 Å². The molecule has 1 N–H and O–H groups in total. The van der Waals surface area contributed by atoms with Crippen LogP contribution in [0.5, 0.6) is 0 Å². The number of nitrogens with zero attached hydrogens (tertiary/aromatic N) is 2. The van der Waals surface area contributed by atoms with Gasteiger partial charge in [-0.2, -0.15) is 0 Å². The maximum atomic E-state index is 6.29. The Hall–Kier alpha value is -1.29. The van der Waals surface area contributed by atoms with Crippen LogP contribution in [0.2, 0.25) is 10.0 Å². The summed E-state index contributed by atoms with van der Waals surface area (Å²) in [5.41, 5.74) is 3.09. The van der Waals surface area contributed by atoms with Gasteiger partial charge in [0, 0.05) is 52.5 Å². The van der Waals surface area contributed by atoms with E-state index in [4.69, 9.17) is 23.2 Å². The summed E-state index contributed by atoms with van der Waals surface area (Å²) in [5, 5.41) is 4.92. The summed E-state index contributed by atoms with van der Waals surface area (Å²) >= 11 is 12.4. The third kappa shape index (κ3) is 2.50. The van der Waals surface area contributed by atoms with E-state index in [2.05, 4.69) is 21.3 Å². The summed E-state index contributed by atoms with van der Waals surface area (Å²) in [6, 6.07) is 8.92. The third-order valence-electron chi connectivity index (χ3n) is 4.25. The number of nitrogens with one attached hydrogen (secondary N) is 1. The Morgan fingerprint density at radius 1 is 1.10 bits per heavy atom. The average molecular weight is 320 g/mol. The lowest BCUT2D eigenvalue weighted by atomic mass is 9.91. The fraction of sp³-hybridized carbons (Fsp3) is 0.312. The Bertz CT molecular complexity index is 673. The van der Waals surface area contributed by atoms with Crippen molar-refractivity contribution in [2.45, 2.75) is 18.5 Å². The summed E-state index contributed by atoms with van der Waals surface area (Å²) in [6.45, 7) is 2.09. The van der Waals surface area contributed by atoms with Gasteiger partial charge in [0.2, 0.25) is 0 Å². The summed E-state index contributed by atoms with van der Waals surface area (Å²) in [6.07, 6.45) is 5.06. The molecule has 0 radical (unpaired) electrons. The molecule has 21 heavy (non-hydrogen) atoms. The van der Waals surface area contributed by atoms with Crippen molar-refractivity contribution in [2.24, 2.45) is 0 Å². The molecule has 2 bridgehead atoms. The molecule has 1 aromatic carbocycles. The van der Waals surface area contributed by atoms with Crippen LogP contribution in [-0.4, -0.2) is 30.2 Å². The highest BCUT2D eigenvalue weighted by Gasteiger charge is 2.36. The molecule has 3 aliphatic rings. The van der Waals surface area contributed by atoms with Crippen LogP contribution in [0.3, 0.4) is 0 Å². The molecule has 2 aromatic rings. The zero-order valence-electron chi connectivity index (χ0n) is 11.4. The molecule has 0 saturated carbocycles. The van der Waals surface area contributed by atoms with Crippen LogP contribution < -0.4 is 10.2 Å². The minimum Gasteiger partial charge on any atom is -0.367 e. The van der Waals surface area contributed by atoms with Crippen LogP contribution in [0.1, 0.15) is 6.42 Å². The monoisotopic (exact) mass is 319 g/mol. The van der Waals surface area contributed by atoms with Crippen LogP contribution in [0.4, 0.5) is 5.69 Å². The normalized spacial score (nSPS) is 23.8. The molecule has 0 amide bonds. The van der Waals surface area contributed by atoms with Crippen molar-refractivity contribution in [1.29, 1.82) is 0 Å². The van der Waals surface area contributed by atoms with Crippen LogP contribution >= 0.6 is 23.2 Å². The minimum atomic E-state index is 0.627. The molecule has 5 rings (SSSR count). The predicted molar refractivity (Wildman–Crippen MR) is 87.2 cm³/mol. The molecule has 5 heteroatoms. The van der Waals surface area contributed by atoms with Gasteiger partial charge in [0.05, 0.1) is 11.9 Å². The number of fused-ring (bicyclic) bond motifs is 2. The highest BCUT2D eigenvalue weighted by molar-refractivity contribution is 6.35. The molecule has 2 unspecified atom stereocenters. The Morgan fingerprint density at radius 3 is 2.62 bits per heavy atom. The predicted octanol–water partition coefficient (Wildman–Crippen LogP) is 3.61. The fourth-order valence-corrected chi connectivity index (χ4v) is 3.59. The summed E-state index contributed by atoms with van der Waals surface area (Å²) in [4.78, 5) is 6.78. The lowest BCUT2D eigenvalue weighted by Crippen LogP contribution is -2.67. The van der Waals surface area contributed by atoms with Gasteiger partial charge in [-0.05, 0) is 30.7 Å². The summed E-state index contributed by atoms with van der Waals surface area (Å²) < 4.78 is 0. The number of rotatable bonds is 2. The number of aromatic nitrogens is 1. The smallest absolute Gasteiger partial charge is 0.0560 e. The quantitative estimate of drug-likeness (QED) is 0.916. The van der Waals surface area contributed by atoms with Crippen molar-refractivity contribution >= 4 is 28.9 Å². The molecule has 1 aromatic heterocycles. The number of anilines is 1. The number of hydrogen-bond donors (Lipinski definition) is 1. The van der Waals surface area contributed by atoms with E-state index in [1.54, 1.807) is 6.07 Å². The van der Waals surface area contributed by atoms with E-state index < -0.39 is 0 Å². The Balaban J connectivity index is 1.68. The zero-order chi connectivity index (χ0) is 14.4. The van der Waals surface area contributed by atoms with Crippen LogP contribution in [0, 0.1) is 0 Å². The van der Waals surface area contributed by atoms with Gasteiger partial charge < -0.3 is 10.2 Å². The van der Waals surface area contributed by atoms with Gasteiger partial charge in [-0.15, -0.1) is 0 Å². The first-order chi connectivity index (χ1) is 10.2. The minimum absolute atomic E-state index is 0.627. The molecular weight excluding hydrogens is 305 g/mol. The molecule has 108 valence electrons. The molecule has 4 heterocycles. The fourth-order valence-electron chi connectivity index (χ4n) is 3.19. The van der Waals surface area contributed by atoms with Crippen molar-refractivity contribution in [3.63, 3.8) is 0 Å². The second kappa shape index (κ2) is 5.16. The SMILES string of the molecule is Clc1ccc(Cl)c(-c2cncc(N3CC4CC(C3)N4)c2)c1. The Labute approximate surface area is 133 Å². The number of piperidine rings is 1. The van der Waals surface area contributed by atoms with Crippen LogP contribution in [0.25, 0.3) is 11.1 Å². The van der Waals surface area contributed by atoms with Gasteiger partial charge in [0.15, 0.2) is 0 Å². The Morgan fingerprint density at radius 2 is 1.86 bits per heavy atom.